The van der Waals surface area contributed by atoms with Crippen LogP contribution in [-0.4, -0.2) is 49.8 Å². The first-order valence-electron chi connectivity index (χ1n) is 16.3. The van der Waals surface area contributed by atoms with Crippen LogP contribution < -0.4 is 10.1 Å². The lowest BCUT2D eigenvalue weighted by molar-refractivity contribution is -0.129. The Morgan fingerprint density at radius 3 is 2.10 bits per heavy atom. The molecule has 0 saturated heterocycles. The average Bonchev–Trinajstić information content (AvgIpc) is 3.56. The van der Waals surface area contributed by atoms with E-state index in [4.69, 9.17) is 31.2 Å². The number of carbonyl (C=O) groups is 1. The lowest BCUT2D eigenvalue weighted by Gasteiger charge is -2.30. The molecule has 0 aromatic heterocycles. The third-order valence-corrected chi connectivity index (χ3v) is 10.6. The zero-order valence-corrected chi connectivity index (χ0v) is 28.8. The number of hydrogen-bond acceptors (Lipinski definition) is 7. The largest absolute Gasteiger partial charge is 0.494 e. The van der Waals surface area contributed by atoms with Gasteiger partial charge >= 0.3 is 0 Å². The predicted molar refractivity (Wildman–Crippen MR) is 195 cm³/mol. The van der Waals surface area contributed by atoms with Crippen molar-refractivity contribution in [2.75, 3.05) is 19.0 Å². The van der Waals surface area contributed by atoms with E-state index in [1.54, 1.807) is 66.7 Å². The highest BCUT2D eigenvalue weighted by Crippen LogP contribution is 2.43. The quantitative estimate of drug-likeness (QED) is 0.118. The monoisotopic (exact) mass is 708 g/mol. The van der Waals surface area contributed by atoms with E-state index < -0.39 is 27.4 Å². The molecular formula is C40H37ClN2O6S. The minimum absolute atomic E-state index is 0.0264. The van der Waals surface area contributed by atoms with Crippen molar-refractivity contribution in [1.29, 1.82) is 0 Å². The van der Waals surface area contributed by atoms with E-state index in [2.05, 4.69) is 5.32 Å². The van der Waals surface area contributed by atoms with E-state index in [9.17, 15) is 13.2 Å². The van der Waals surface area contributed by atoms with Crippen LogP contribution in [0.4, 0.5) is 0 Å². The van der Waals surface area contributed by atoms with Crippen molar-refractivity contribution in [3.05, 3.63) is 155 Å². The third kappa shape index (κ3) is 8.08. The summed E-state index contributed by atoms with van der Waals surface area (Å²) in [6, 6.07) is 40.1. The SMILES string of the molecule is O=C(NCc1ccc(Cl)cc1)[C@]1(CCS(=O)(=O)c2ccccc2)N=C(c2ccc(OCCCO)cc2)O[C@@H]1c1ccc(-c2ccccc2)cc1. The molecule has 0 unspecified atom stereocenters. The molecule has 256 valence electrons. The van der Waals surface area contributed by atoms with Crippen LogP contribution >= 0.6 is 11.6 Å². The summed E-state index contributed by atoms with van der Waals surface area (Å²) in [6.45, 7) is 0.563. The van der Waals surface area contributed by atoms with Crippen LogP contribution in [0, 0.1) is 0 Å². The van der Waals surface area contributed by atoms with Gasteiger partial charge in [0.15, 0.2) is 21.5 Å². The first-order valence-corrected chi connectivity index (χ1v) is 18.4. The van der Waals surface area contributed by atoms with Gasteiger partial charge in [0, 0.05) is 36.6 Å². The normalized spacial score (nSPS) is 17.1. The second-order valence-corrected chi connectivity index (χ2v) is 14.5. The fourth-order valence-corrected chi connectivity index (χ4v) is 7.34. The van der Waals surface area contributed by atoms with E-state index in [0.717, 1.165) is 16.7 Å². The molecule has 1 heterocycles. The summed E-state index contributed by atoms with van der Waals surface area (Å²) in [5.74, 6) is 0.00579. The fraction of sp³-hybridized carbons (Fsp3) is 0.200. The van der Waals surface area contributed by atoms with Gasteiger partial charge in [0.2, 0.25) is 5.90 Å². The van der Waals surface area contributed by atoms with E-state index in [-0.39, 0.29) is 36.1 Å². The van der Waals surface area contributed by atoms with Crippen LogP contribution in [0.5, 0.6) is 5.75 Å². The second kappa shape index (κ2) is 15.7. The number of halogens is 1. The number of aliphatic imine (C=N–C) groups is 1. The molecule has 0 bridgehead atoms. The maximum Gasteiger partial charge on any atom is 0.252 e. The van der Waals surface area contributed by atoms with Crippen molar-refractivity contribution in [2.45, 2.75) is 35.9 Å². The lowest BCUT2D eigenvalue weighted by Crippen LogP contribution is -2.49. The molecule has 8 nitrogen and oxygen atoms in total. The van der Waals surface area contributed by atoms with Gasteiger partial charge in [-0.3, -0.25) is 4.79 Å². The molecule has 0 aliphatic carbocycles. The Kier molecular flexibility index (Phi) is 11.0. The molecule has 50 heavy (non-hydrogen) atoms. The number of nitrogens with zero attached hydrogens (tertiary/aromatic N) is 1. The Bertz CT molecular complexity index is 2020. The van der Waals surface area contributed by atoms with Gasteiger partial charge in [-0.05, 0) is 70.8 Å². The minimum atomic E-state index is -3.79. The number of benzene rings is 5. The van der Waals surface area contributed by atoms with Crippen molar-refractivity contribution < 1.29 is 27.8 Å². The van der Waals surface area contributed by atoms with Gasteiger partial charge in [-0.1, -0.05) is 96.5 Å². The summed E-state index contributed by atoms with van der Waals surface area (Å²) in [5, 5.41) is 12.7. The first kappa shape index (κ1) is 34.9. The Hall–Kier alpha value is -4.96. The van der Waals surface area contributed by atoms with Crippen LogP contribution in [0.3, 0.4) is 0 Å². The third-order valence-electron chi connectivity index (χ3n) is 8.57. The van der Waals surface area contributed by atoms with E-state index in [0.29, 0.717) is 34.9 Å². The molecule has 5 aromatic rings. The van der Waals surface area contributed by atoms with Crippen LogP contribution in [-0.2, 0) is 25.9 Å². The smallest absolute Gasteiger partial charge is 0.252 e. The Morgan fingerprint density at radius 2 is 1.44 bits per heavy atom. The molecule has 2 N–H and O–H groups in total. The number of rotatable bonds is 14. The van der Waals surface area contributed by atoms with Gasteiger partial charge in [0.1, 0.15) is 5.75 Å². The zero-order chi connectivity index (χ0) is 35.0. The van der Waals surface area contributed by atoms with Gasteiger partial charge in [0.25, 0.3) is 5.91 Å². The summed E-state index contributed by atoms with van der Waals surface area (Å²) in [7, 11) is -3.79. The number of ether oxygens (including phenoxy) is 2. The topological polar surface area (TPSA) is 114 Å². The highest BCUT2D eigenvalue weighted by atomic mass is 35.5. The van der Waals surface area contributed by atoms with Crippen LogP contribution in [0.15, 0.2) is 143 Å². The Balaban J connectivity index is 1.40. The summed E-state index contributed by atoms with van der Waals surface area (Å²) >= 11 is 6.09. The molecule has 5 aromatic carbocycles. The Morgan fingerprint density at radius 1 is 0.820 bits per heavy atom. The van der Waals surface area contributed by atoms with Crippen LogP contribution in [0.1, 0.15) is 35.6 Å². The molecule has 0 saturated carbocycles. The molecule has 6 rings (SSSR count). The molecule has 2 atom stereocenters. The summed E-state index contributed by atoms with van der Waals surface area (Å²) < 4.78 is 39.6. The maximum atomic E-state index is 14.6. The lowest BCUT2D eigenvalue weighted by atomic mass is 9.84. The number of aliphatic hydroxyl groups excluding tert-OH is 1. The summed E-state index contributed by atoms with van der Waals surface area (Å²) in [6.07, 6.45) is -0.589. The van der Waals surface area contributed by atoms with Crippen molar-refractivity contribution >= 4 is 33.2 Å². The van der Waals surface area contributed by atoms with Gasteiger partial charge in [0.05, 0.1) is 17.3 Å². The van der Waals surface area contributed by atoms with Gasteiger partial charge in [-0.25, -0.2) is 13.4 Å². The van der Waals surface area contributed by atoms with E-state index in [1.807, 2.05) is 66.7 Å². The van der Waals surface area contributed by atoms with E-state index >= 15 is 0 Å². The van der Waals surface area contributed by atoms with Crippen molar-refractivity contribution in [1.82, 2.24) is 5.32 Å². The number of carbonyl (C=O) groups excluding carboxylic acids is 1. The van der Waals surface area contributed by atoms with Crippen molar-refractivity contribution in [3.63, 3.8) is 0 Å². The highest BCUT2D eigenvalue weighted by Gasteiger charge is 2.53. The fourth-order valence-electron chi connectivity index (χ4n) is 5.82. The number of sulfone groups is 1. The number of aliphatic hydroxyl groups is 1. The molecule has 0 radical (unpaired) electrons. The summed E-state index contributed by atoms with van der Waals surface area (Å²) in [5.41, 5.74) is 2.46. The molecule has 1 aliphatic heterocycles. The average molecular weight is 709 g/mol. The number of hydrogen-bond donors (Lipinski definition) is 2. The van der Waals surface area contributed by atoms with Crippen molar-refractivity contribution in [2.24, 2.45) is 4.99 Å². The number of amides is 1. The molecular weight excluding hydrogens is 672 g/mol. The molecule has 0 spiro atoms. The van der Waals surface area contributed by atoms with Gasteiger partial charge < -0.3 is 19.9 Å². The maximum absolute atomic E-state index is 14.6. The first-order chi connectivity index (χ1) is 24.3. The highest BCUT2D eigenvalue weighted by molar-refractivity contribution is 7.91. The molecule has 0 fully saturated rings. The van der Waals surface area contributed by atoms with Crippen LogP contribution in [0.2, 0.25) is 5.02 Å². The van der Waals surface area contributed by atoms with Gasteiger partial charge in [-0.15, -0.1) is 0 Å². The summed E-state index contributed by atoms with van der Waals surface area (Å²) in [4.78, 5) is 19.7. The van der Waals surface area contributed by atoms with E-state index in [1.165, 1.54) is 0 Å². The van der Waals surface area contributed by atoms with Crippen LogP contribution in [0.25, 0.3) is 11.1 Å². The number of nitrogens with one attached hydrogen (secondary N) is 1. The minimum Gasteiger partial charge on any atom is -0.494 e. The van der Waals surface area contributed by atoms with Gasteiger partial charge in [-0.2, -0.15) is 0 Å². The molecule has 1 aliphatic rings. The predicted octanol–water partition coefficient (Wildman–Crippen LogP) is 7.21. The molecule has 10 heteroatoms. The standard InChI is InChI=1S/C40H37ClN2O6S/c41-34-20-12-29(13-21-34)28-42-39(45)40(24-27-50(46,47)36-10-5-2-6-11-36)37(32-16-14-31(15-17-32)30-8-3-1-4-9-30)49-38(43-40)33-18-22-35(23-19-33)48-26-7-25-44/h1-6,8-23,37,44H,7,24-28H2,(H,42,45)/t37-,40-/m1/s1. The second-order valence-electron chi connectivity index (χ2n) is 12.0. The molecule has 1 amide bonds. The van der Waals surface area contributed by atoms with Crippen molar-refractivity contribution in [3.8, 4) is 16.9 Å². The zero-order valence-electron chi connectivity index (χ0n) is 27.2. The Labute approximate surface area is 297 Å².